The van der Waals surface area contributed by atoms with Crippen molar-refractivity contribution in [2.75, 3.05) is 7.11 Å². The van der Waals surface area contributed by atoms with Crippen LogP contribution in [-0.4, -0.2) is 22.9 Å². The van der Waals surface area contributed by atoms with E-state index >= 15 is 0 Å². The normalized spacial score (nSPS) is 11.3. The van der Waals surface area contributed by atoms with Crippen LogP contribution in [0.4, 0.5) is 0 Å². The first-order valence-electron chi connectivity index (χ1n) is 9.61. The zero-order valence-corrected chi connectivity index (χ0v) is 18.4. The quantitative estimate of drug-likeness (QED) is 0.457. The summed E-state index contributed by atoms with van der Waals surface area (Å²) in [5, 5.41) is 9.26. The van der Waals surface area contributed by atoms with E-state index in [1.807, 2.05) is 61.5 Å². The van der Waals surface area contributed by atoms with Gasteiger partial charge in [0.1, 0.15) is 34.4 Å². The van der Waals surface area contributed by atoms with Crippen LogP contribution in [0.1, 0.15) is 30.7 Å². The van der Waals surface area contributed by atoms with Crippen LogP contribution in [0.3, 0.4) is 0 Å². The molecule has 0 radical (unpaired) electrons. The maximum atomic E-state index is 11.3. The molecule has 1 N–H and O–H groups in total. The number of carboxylic acids is 1. The van der Waals surface area contributed by atoms with Crippen LogP contribution in [0.2, 0.25) is 0 Å². The molecule has 0 atom stereocenters. The Morgan fingerprint density at radius 2 is 1.83 bits per heavy atom. The minimum absolute atomic E-state index is 0.385. The Hall–Kier alpha value is -2.86. The SMILES string of the molecule is COc1cccc(-c2cc(COc3cccc(CSC(C)(C)C(=O)O)c3)c(C)o2)c1. The second-order valence-corrected chi connectivity index (χ2v) is 9.06. The monoisotopic (exact) mass is 426 g/mol. The molecule has 0 bridgehead atoms. The van der Waals surface area contributed by atoms with Gasteiger partial charge >= 0.3 is 5.97 Å². The fourth-order valence-corrected chi connectivity index (χ4v) is 3.62. The van der Waals surface area contributed by atoms with E-state index in [0.29, 0.717) is 12.4 Å². The number of hydrogen-bond acceptors (Lipinski definition) is 5. The lowest BCUT2D eigenvalue weighted by Crippen LogP contribution is -2.27. The molecule has 0 spiro atoms. The lowest BCUT2D eigenvalue weighted by atomic mass is 10.1. The van der Waals surface area contributed by atoms with Crippen molar-refractivity contribution >= 4 is 17.7 Å². The van der Waals surface area contributed by atoms with Crippen molar-refractivity contribution in [3.8, 4) is 22.8 Å². The third kappa shape index (κ3) is 5.39. The number of aryl methyl sites for hydroxylation is 1. The molecule has 158 valence electrons. The highest BCUT2D eigenvalue weighted by atomic mass is 32.2. The van der Waals surface area contributed by atoms with Gasteiger partial charge in [0, 0.05) is 16.9 Å². The summed E-state index contributed by atoms with van der Waals surface area (Å²) in [4.78, 5) is 11.3. The Kier molecular flexibility index (Phi) is 6.77. The average molecular weight is 427 g/mol. The molecule has 0 aliphatic heterocycles. The Morgan fingerprint density at radius 1 is 1.10 bits per heavy atom. The molecule has 30 heavy (non-hydrogen) atoms. The van der Waals surface area contributed by atoms with Gasteiger partial charge in [-0.15, -0.1) is 11.8 Å². The Balaban J connectivity index is 1.66. The van der Waals surface area contributed by atoms with E-state index in [0.717, 1.165) is 39.7 Å². The van der Waals surface area contributed by atoms with Crippen LogP contribution in [0.25, 0.3) is 11.3 Å². The first-order chi connectivity index (χ1) is 14.3. The van der Waals surface area contributed by atoms with E-state index in [1.165, 1.54) is 11.8 Å². The topological polar surface area (TPSA) is 68.9 Å². The number of furan rings is 1. The summed E-state index contributed by atoms with van der Waals surface area (Å²) < 4.78 is 16.3. The molecule has 1 heterocycles. The smallest absolute Gasteiger partial charge is 0.319 e. The van der Waals surface area contributed by atoms with Gasteiger partial charge in [0.15, 0.2) is 0 Å². The molecule has 6 heteroatoms. The average Bonchev–Trinajstić information content (AvgIpc) is 3.11. The van der Waals surface area contributed by atoms with E-state index in [4.69, 9.17) is 13.9 Å². The van der Waals surface area contributed by atoms with Gasteiger partial charge in [-0.2, -0.15) is 0 Å². The Labute approximate surface area is 181 Å². The summed E-state index contributed by atoms with van der Waals surface area (Å²) in [5.74, 6) is 2.88. The van der Waals surface area contributed by atoms with Crippen LogP contribution in [0, 0.1) is 6.92 Å². The zero-order valence-electron chi connectivity index (χ0n) is 17.6. The van der Waals surface area contributed by atoms with Crippen LogP contribution >= 0.6 is 11.8 Å². The molecular weight excluding hydrogens is 400 g/mol. The van der Waals surface area contributed by atoms with E-state index in [9.17, 15) is 9.90 Å². The predicted octanol–water partition coefficient (Wildman–Crippen LogP) is 5.94. The molecule has 0 saturated carbocycles. The number of rotatable bonds is 9. The molecule has 0 aliphatic rings. The molecule has 2 aromatic carbocycles. The fourth-order valence-electron chi connectivity index (χ4n) is 2.79. The lowest BCUT2D eigenvalue weighted by molar-refractivity contribution is -0.138. The first kappa shape index (κ1) is 21.8. The van der Waals surface area contributed by atoms with Gasteiger partial charge in [-0.05, 0) is 56.7 Å². The van der Waals surface area contributed by atoms with Gasteiger partial charge < -0.3 is 19.0 Å². The van der Waals surface area contributed by atoms with E-state index < -0.39 is 10.7 Å². The third-order valence-corrected chi connectivity index (χ3v) is 6.16. The van der Waals surface area contributed by atoms with Gasteiger partial charge in [0.25, 0.3) is 0 Å². The summed E-state index contributed by atoms with van der Waals surface area (Å²) in [6.45, 7) is 5.73. The van der Waals surface area contributed by atoms with Gasteiger partial charge in [-0.1, -0.05) is 24.3 Å². The van der Waals surface area contributed by atoms with Crippen LogP contribution < -0.4 is 9.47 Å². The standard InChI is InChI=1S/C24H26O5S/c1-16-19(13-22(29-16)18-8-6-9-20(12-18)27-4)14-28-21-10-5-7-17(11-21)15-30-24(2,3)23(25)26/h5-13H,14-15H2,1-4H3,(H,25,26). The molecule has 0 fully saturated rings. The number of methoxy groups -OCH3 is 1. The molecule has 0 aliphatic carbocycles. The number of ether oxygens (including phenoxy) is 2. The summed E-state index contributed by atoms with van der Waals surface area (Å²) in [6.07, 6.45) is 0. The molecule has 0 unspecified atom stereocenters. The number of carbonyl (C=O) groups is 1. The number of hydrogen-bond donors (Lipinski definition) is 1. The Bertz CT molecular complexity index is 1020. The summed E-state index contributed by atoms with van der Waals surface area (Å²) in [7, 11) is 1.64. The highest BCUT2D eigenvalue weighted by molar-refractivity contribution is 8.00. The second-order valence-electron chi connectivity index (χ2n) is 7.46. The van der Waals surface area contributed by atoms with Crippen molar-refractivity contribution in [2.24, 2.45) is 0 Å². The summed E-state index contributed by atoms with van der Waals surface area (Å²) in [6, 6.07) is 17.5. The number of carboxylic acid groups (broad SMARTS) is 1. The highest BCUT2D eigenvalue weighted by Crippen LogP contribution is 2.31. The number of aliphatic carboxylic acids is 1. The van der Waals surface area contributed by atoms with Crippen molar-refractivity contribution in [1.29, 1.82) is 0 Å². The van der Waals surface area contributed by atoms with Crippen LogP contribution in [-0.2, 0) is 17.2 Å². The van der Waals surface area contributed by atoms with Crippen LogP contribution in [0.15, 0.2) is 59.0 Å². The van der Waals surface area contributed by atoms with Gasteiger partial charge in [-0.25, -0.2) is 0 Å². The fraction of sp³-hybridized carbons (Fsp3) is 0.292. The summed E-state index contributed by atoms with van der Waals surface area (Å²) >= 11 is 1.39. The minimum Gasteiger partial charge on any atom is -0.497 e. The minimum atomic E-state index is -0.832. The molecule has 0 amide bonds. The van der Waals surface area contributed by atoms with Crippen molar-refractivity contribution < 1.29 is 23.8 Å². The van der Waals surface area contributed by atoms with E-state index in [-0.39, 0.29) is 0 Å². The summed E-state index contributed by atoms with van der Waals surface area (Å²) in [5.41, 5.74) is 2.94. The molecule has 1 aromatic heterocycles. The van der Waals surface area contributed by atoms with Gasteiger partial charge in [0.05, 0.1) is 7.11 Å². The van der Waals surface area contributed by atoms with Gasteiger partial charge in [-0.3, -0.25) is 4.79 Å². The molecule has 3 rings (SSSR count). The number of thioether (sulfide) groups is 1. The van der Waals surface area contributed by atoms with Gasteiger partial charge in [0.2, 0.25) is 0 Å². The van der Waals surface area contributed by atoms with E-state index in [2.05, 4.69) is 0 Å². The molecule has 5 nitrogen and oxygen atoms in total. The molecule has 0 saturated heterocycles. The second kappa shape index (κ2) is 9.30. The number of benzene rings is 2. The van der Waals surface area contributed by atoms with Crippen molar-refractivity contribution in [1.82, 2.24) is 0 Å². The lowest BCUT2D eigenvalue weighted by Gasteiger charge is -2.18. The Morgan fingerprint density at radius 3 is 2.57 bits per heavy atom. The third-order valence-electron chi connectivity index (χ3n) is 4.78. The maximum absolute atomic E-state index is 11.3. The molecular formula is C24H26O5S. The zero-order chi connectivity index (χ0) is 21.7. The first-order valence-corrected chi connectivity index (χ1v) is 10.6. The molecule has 3 aromatic rings. The highest BCUT2D eigenvalue weighted by Gasteiger charge is 2.27. The largest absolute Gasteiger partial charge is 0.497 e. The van der Waals surface area contributed by atoms with Crippen molar-refractivity contribution in [2.45, 2.75) is 37.9 Å². The van der Waals surface area contributed by atoms with Crippen molar-refractivity contribution in [3.05, 3.63) is 71.5 Å². The van der Waals surface area contributed by atoms with Crippen molar-refractivity contribution in [3.63, 3.8) is 0 Å². The predicted molar refractivity (Wildman–Crippen MR) is 119 cm³/mol. The van der Waals surface area contributed by atoms with E-state index in [1.54, 1.807) is 21.0 Å². The van der Waals surface area contributed by atoms with Crippen LogP contribution in [0.5, 0.6) is 11.5 Å². The maximum Gasteiger partial charge on any atom is 0.319 e.